The minimum absolute atomic E-state index is 0.136. The van der Waals surface area contributed by atoms with Crippen LogP contribution in [0.25, 0.3) is 10.8 Å². The van der Waals surface area contributed by atoms with E-state index >= 15 is 0 Å². The zero-order chi connectivity index (χ0) is 21.8. The van der Waals surface area contributed by atoms with E-state index < -0.39 is 0 Å². The van der Waals surface area contributed by atoms with E-state index in [9.17, 15) is 4.79 Å². The molecule has 0 radical (unpaired) electrons. The van der Waals surface area contributed by atoms with Crippen LogP contribution in [0, 0.1) is 13.8 Å². The maximum atomic E-state index is 12.9. The van der Waals surface area contributed by atoms with E-state index in [0.717, 1.165) is 16.8 Å². The summed E-state index contributed by atoms with van der Waals surface area (Å²) in [5.41, 5.74) is 1.78. The van der Waals surface area contributed by atoms with Gasteiger partial charge in [-0.05, 0) is 39.0 Å². The molecule has 0 unspecified atom stereocenters. The maximum absolute atomic E-state index is 12.9. The van der Waals surface area contributed by atoms with Gasteiger partial charge in [-0.15, -0.1) is 0 Å². The van der Waals surface area contributed by atoms with Crippen molar-refractivity contribution in [1.82, 2.24) is 19.7 Å². The Morgan fingerprint density at radius 1 is 1.06 bits per heavy atom. The summed E-state index contributed by atoms with van der Waals surface area (Å²) in [6.45, 7) is 6.88. The third kappa shape index (κ3) is 4.71. The number of rotatable bonds is 7. The molecule has 0 bridgehead atoms. The standard InChI is InChI=1S/C24H25N5O2/c1-16-8-10-20(11-9-16)31-13-12-25-23-14-22(27-18(3)28-23)17(2)29-24(30)21-7-5-4-6-19(21)15-26-29/h4-11,14-15,17H,12-13H2,1-3H3,(H,25,27,28)/t17-/m1/s1. The predicted octanol–water partition coefficient (Wildman–Crippen LogP) is 3.90. The largest absolute Gasteiger partial charge is 0.492 e. The first-order valence-corrected chi connectivity index (χ1v) is 10.3. The molecule has 2 heterocycles. The molecule has 4 aromatic rings. The van der Waals surface area contributed by atoms with Crippen LogP contribution in [0.5, 0.6) is 5.75 Å². The fourth-order valence-corrected chi connectivity index (χ4v) is 3.38. The summed E-state index contributed by atoms with van der Waals surface area (Å²) in [7, 11) is 0. The Balaban J connectivity index is 1.47. The van der Waals surface area contributed by atoms with Gasteiger partial charge in [0.05, 0.1) is 29.9 Å². The highest BCUT2D eigenvalue weighted by molar-refractivity contribution is 5.80. The van der Waals surface area contributed by atoms with E-state index in [-0.39, 0.29) is 11.6 Å². The topological polar surface area (TPSA) is 81.9 Å². The van der Waals surface area contributed by atoms with Crippen molar-refractivity contribution in [2.24, 2.45) is 0 Å². The van der Waals surface area contributed by atoms with Crippen LogP contribution in [0.2, 0.25) is 0 Å². The van der Waals surface area contributed by atoms with Crippen molar-refractivity contribution >= 4 is 16.6 Å². The number of nitrogens with zero attached hydrogens (tertiary/aromatic N) is 4. The summed E-state index contributed by atoms with van der Waals surface area (Å²) in [4.78, 5) is 21.9. The number of hydrogen-bond donors (Lipinski definition) is 1. The molecule has 2 aromatic carbocycles. The fourth-order valence-electron chi connectivity index (χ4n) is 3.38. The Morgan fingerprint density at radius 2 is 1.84 bits per heavy atom. The highest BCUT2D eigenvalue weighted by Gasteiger charge is 2.15. The van der Waals surface area contributed by atoms with Crippen LogP contribution < -0.4 is 15.6 Å². The van der Waals surface area contributed by atoms with Gasteiger partial charge >= 0.3 is 0 Å². The highest BCUT2D eigenvalue weighted by atomic mass is 16.5. The lowest BCUT2D eigenvalue weighted by Crippen LogP contribution is -2.27. The van der Waals surface area contributed by atoms with Crippen molar-refractivity contribution in [3.8, 4) is 5.75 Å². The van der Waals surface area contributed by atoms with E-state index in [1.807, 2.05) is 75.4 Å². The van der Waals surface area contributed by atoms with E-state index in [1.54, 1.807) is 6.20 Å². The lowest BCUT2D eigenvalue weighted by Gasteiger charge is -2.16. The zero-order valence-electron chi connectivity index (χ0n) is 17.9. The van der Waals surface area contributed by atoms with Crippen LogP contribution in [0.4, 0.5) is 5.82 Å². The smallest absolute Gasteiger partial charge is 0.275 e. The summed E-state index contributed by atoms with van der Waals surface area (Å²) in [5.74, 6) is 2.15. The van der Waals surface area contributed by atoms with Crippen LogP contribution in [-0.2, 0) is 0 Å². The second kappa shape index (κ2) is 8.95. The number of benzene rings is 2. The molecule has 0 aliphatic carbocycles. The van der Waals surface area contributed by atoms with E-state index in [0.29, 0.717) is 30.2 Å². The zero-order valence-corrected chi connectivity index (χ0v) is 17.9. The van der Waals surface area contributed by atoms with Crippen LogP contribution in [0.3, 0.4) is 0 Å². The summed E-state index contributed by atoms with van der Waals surface area (Å²) >= 11 is 0. The molecule has 158 valence electrons. The molecule has 0 amide bonds. The summed E-state index contributed by atoms with van der Waals surface area (Å²) in [5, 5.41) is 9.10. The molecule has 4 rings (SSSR count). The van der Waals surface area contributed by atoms with Gasteiger partial charge in [-0.3, -0.25) is 4.79 Å². The number of aromatic nitrogens is 4. The Bertz CT molecular complexity index is 1250. The molecular weight excluding hydrogens is 390 g/mol. The minimum atomic E-state index is -0.330. The minimum Gasteiger partial charge on any atom is -0.492 e. The van der Waals surface area contributed by atoms with Crippen molar-refractivity contribution in [1.29, 1.82) is 0 Å². The second-order valence-electron chi connectivity index (χ2n) is 7.47. The number of nitrogens with one attached hydrogen (secondary N) is 1. The Kier molecular flexibility index (Phi) is 5.93. The van der Waals surface area contributed by atoms with Gasteiger partial charge in [0.15, 0.2) is 0 Å². The molecule has 0 saturated carbocycles. The fraction of sp³-hybridized carbons (Fsp3) is 0.250. The number of fused-ring (bicyclic) bond motifs is 1. The van der Waals surface area contributed by atoms with Gasteiger partial charge in [-0.2, -0.15) is 5.10 Å². The molecule has 0 fully saturated rings. The Morgan fingerprint density at radius 3 is 2.65 bits per heavy atom. The second-order valence-corrected chi connectivity index (χ2v) is 7.47. The van der Waals surface area contributed by atoms with E-state index in [2.05, 4.69) is 20.4 Å². The Hall–Kier alpha value is -3.74. The first-order chi connectivity index (χ1) is 15.0. The van der Waals surface area contributed by atoms with E-state index in [1.165, 1.54) is 10.2 Å². The molecule has 0 spiro atoms. The van der Waals surface area contributed by atoms with Crippen LogP contribution >= 0.6 is 0 Å². The average Bonchev–Trinajstić information content (AvgIpc) is 2.77. The number of anilines is 1. The molecule has 1 N–H and O–H groups in total. The van der Waals surface area contributed by atoms with Gasteiger partial charge in [0.2, 0.25) is 0 Å². The van der Waals surface area contributed by atoms with Crippen LogP contribution in [0.1, 0.15) is 30.0 Å². The van der Waals surface area contributed by atoms with Crippen molar-refractivity contribution in [3.63, 3.8) is 0 Å². The van der Waals surface area contributed by atoms with Crippen LogP contribution in [0.15, 0.2) is 65.6 Å². The predicted molar refractivity (Wildman–Crippen MR) is 122 cm³/mol. The van der Waals surface area contributed by atoms with Crippen molar-refractivity contribution in [2.45, 2.75) is 26.8 Å². The van der Waals surface area contributed by atoms with Gasteiger partial charge in [-0.1, -0.05) is 35.9 Å². The average molecular weight is 415 g/mol. The van der Waals surface area contributed by atoms with Crippen molar-refractivity contribution in [3.05, 3.63) is 88.2 Å². The number of ether oxygens (including phenoxy) is 1. The first-order valence-electron chi connectivity index (χ1n) is 10.3. The van der Waals surface area contributed by atoms with E-state index in [4.69, 9.17) is 4.74 Å². The number of aryl methyl sites for hydroxylation is 2. The maximum Gasteiger partial charge on any atom is 0.275 e. The quantitative estimate of drug-likeness (QED) is 0.461. The third-order valence-corrected chi connectivity index (χ3v) is 5.07. The van der Waals surface area contributed by atoms with Crippen molar-refractivity contribution < 1.29 is 4.74 Å². The molecule has 0 saturated heterocycles. The molecule has 2 aromatic heterocycles. The summed E-state index contributed by atoms with van der Waals surface area (Å²) in [6, 6.07) is 16.9. The van der Waals surface area contributed by atoms with Crippen LogP contribution in [-0.4, -0.2) is 32.9 Å². The van der Waals surface area contributed by atoms with Crippen molar-refractivity contribution in [2.75, 3.05) is 18.5 Å². The molecule has 0 aliphatic rings. The van der Waals surface area contributed by atoms with Gasteiger partial charge in [0.1, 0.15) is 24.0 Å². The molecular formula is C24H25N5O2. The lowest BCUT2D eigenvalue weighted by molar-refractivity contribution is 0.332. The first kappa shape index (κ1) is 20.5. The van der Waals surface area contributed by atoms with Gasteiger partial charge < -0.3 is 10.1 Å². The van der Waals surface area contributed by atoms with Gasteiger partial charge in [-0.25, -0.2) is 14.6 Å². The summed E-state index contributed by atoms with van der Waals surface area (Å²) < 4.78 is 7.22. The SMILES string of the molecule is Cc1ccc(OCCNc2cc([C@@H](C)n3ncc4ccccc4c3=O)nc(C)n2)cc1. The number of hydrogen-bond acceptors (Lipinski definition) is 6. The molecule has 7 heteroatoms. The molecule has 31 heavy (non-hydrogen) atoms. The monoisotopic (exact) mass is 415 g/mol. The molecule has 1 atom stereocenters. The van der Waals surface area contributed by atoms with Gasteiger partial charge in [0.25, 0.3) is 5.56 Å². The molecule has 0 aliphatic heterocycles. The Labute approximate surface area is 180 Å². The lowest BCUT2D eigenvalue weighted by atomic mass is 10.2. The summed E-state index contributed by atoms with van der Waals surface area (Å²) in [6.07, 6.45) is 1.71. The third-order valence-electron chi connectivity index (χ3n) is 5.07. The normalized spacial score (nSPS) is 12.0. The van der Waals surface area contributed by atoms with Gasteiger partial charge in [0, 0.05) is 11.5 Å². The highest BCUT2D eigenvalue weighted by Crippen LogP contribution is 2.18. The molecule has 7 nitrogen and oxygen atoms in total.